The Bertz CT molecular complexity index is 2790. The van der Waals surface area contributed by atoms with Crippen molar-refractivity contribution in [1.82, 2.24) is 25.0 Å². The van der Waals surface area contributed by atoms with Crippen LogP contribution in [0.4, 0.5) is 0 Å². The van der Waals surface area contributed by atoms with E-state index in [1.807, 2.05) is 18.2 Å². The molecule has 2 aromatic heterocycles. The fourth-order valence-corrected chi connectivity index (χ4v) is 12.5. The normalized spacial score (nSPS) is 47.9. The summed E-state index contributed by atoms with van der Waals surface area (Å²) in [5.74, 6) is 0.502. The summed E-state index contributed by atoms with van der Waals surface area (Å²) in [6, 6.07) is 7.24. The van der Waals surface area contributed by atoms with Gasteiger partial charge in [-0.25, -0.2) is 9.67 Å². The largest absolute Gasteiger partial charge is 0.394 e. The highest BCUT2D eigenvalue weighted by molar-refractivity contribution is 5.74. The maximum Gasteiger partial charge on any atom is 0.187 e. The lowest BCUT2D eigenvalue weighted by Crippen LogP contribution is -2.68. The molecule has 0 spiro atoms. The molecule has 21 saturated heterocycles. The highest BCUT2D eigenvalue weighted by Gasteiger charge is 2.60. The van der Waals surface area contributed by atoms with Gasteiger partial charge in [-0.2, -0.15) is 0 Å². The second-order valence-electron chi connectivity index (χ2n) is 23.5. The molecule has 1 aromatic carbocycles. The number of aromatic nitrogens is 5. The Kier molecular flexibility index (Phi) is 23.0. The highest BCUT2D eigenvalue weighted by Crippen LogP contribution is 2.39. The Morgan fingerprint density at radius 2 is 0.656 bits per heavy atom. The van der Waals surface area contributed by atoms with Crippen molar-refractivity contribution in [3.63, 3.8) is 0 Å². The zero-order valence-electron chi connectivity index (χ0n) is 48.8. The molecule has 24 rings (SSSR count). The van der Waals surface area contributed by atoms with Gasteiger partial charge in [0, 0.05) is 0 Å². The third-order valence-corrected chi connectivity index (χ3v) is 17.5. The lowest BCUT2D eigenvalue weighted by molar-refractivity contribution is -0.398. The van der Waals surface area contributed by atoms with Crippen LogP contribution in [0.25, 0.3) is 11.0 Å². The number of hydrogen-bond acceptors (Lipinski definition) is 38. The first-order chi connectivity index (χ1) is 44.6. The van der Waals surface area contributed by atoms with Crippen LogP contribution in [-0.2, 0) is 84.2 Å². The lowest BCUT2D eigenvalue weighted by atomic mass is 9.95. The van der Waals surface area contributed by atoms with E-state index in [4.69, 9.17) is 71.1 Å². The molecule has 526 valence electrons. The molecule has 21 fully saturated rings. The van der Waals surface area contributed by atoms with Gasteiger partial charge >= 0.3 is 0 Å². The second kappa shape index (κ2) is 30.3. The summed E-state index contributed by atoms with van der Waals surface area (Å²) in [6.07, 6.45) is -68.9. The van der Waals surface area contributed by atoms with Crippen LogP contribution in [0.5, 0.6) is 0 Å². The summed E-state index contributed by atoms with van der Waals surface area (Å²) in [4.78, 5) is 7.70. The van der Waals surface area contributed by atoms with Crippen LogP contribution < -0.4 is 0 Å². The van der Waals surface area contributed by atoms with E-state index in [-0.39, 0.29) is 12.2 Å². The molecule has 0 amide bonds. The van der Waals surface area contributed by atoms with Crippen LogP contribution in [0.15, 0.2) is 30.5 Å². The average molecular weight is 1350 g/mol. The van der Waals surface area contributed by atoms with Crippen LogP contribution in [0, 0.1) is 0 Å². The van der Waals surface area contributed by atoms with E-state index in [0.717, 1.165) is 5.52 Å². The first kappa shape index (κ1) is 70.7. The van der Waals surface area contributed by atoms with Crippen molar-refractivity contribution in [2.24, 2.45) is 0 Å². The standard InChI is InChI=1S/C53H79N5O35/c59-7-18-39-26(66)32(72)48(80-18)88-41-20(9-61)82-50(34(74)28(41)68)90-43-22(11-63)84-52(36(76)30(43)70)92-45-24(13-65)86-53(46(38(45)78)79-14-15-5-58(57-56-15)6-25-54-16-3-1-2-4-17(16)55-25)93-44-23(12-64)85-51(37(77)31(44)71)91-42-21(10-62)83-49(35(75)29(42)69)89-40-19(8-60)81-47(87-39)33(73)27(40)67/h1-5,18-24,26-53,59-78H,6-14H2,(H,54,55)/t18-,19-,20-,21-,22-,23-,24-,26-,27-,28-,29-,30-,31-,32-,33-,34-,35-,36-,37-,38-,39-,40-,41-,42-,43-,44-,45-,46-,47-,48-,49-,50-,51-,52-,53-/m1/s1. The van der Waals surface area contributed by atoms with Crippen molar-refractivity contribution in [2.75, 3.05) is 46.2 Å². The topological polar surface area (TPSA) is 602 Å². The number of ether oxygens (including phenoxy) is 15. The molecule has 14 bridgehead atoms. The van der Waals surface area contributed by atoms with Gasteiger partial charge in [-0.05, 0) is 12.1 Å². The number of H-pyrrole nitrogens is 1. The van der Waals surface area contributed by atoms with E-state index < -0.39 is 268 Å². The summed E-state index contributed by atoms with van der Waals surface area (Å²) < 4.78 is 89.5. The number of nitrogens with one attached hydrogen (secondary N) is 1. The summed E-state index contributed by atoms with van der Waals surface area (Å²) in [5.41, 5.74) is 1.55. The number of rotatable bonds is 12. The molecule has 40 nitrogen and oxygen atoms in total. The van der Waals surface area contributed by atoms with E-state index in [0.29, 0.717) is 11.3 Å². The first-order valence-corrected chi connectivity index (χ1v) is 29.9. The molecular weight excluding hydrogens is 1270 g/mol. The fourth-order valence-electron chi connectivity index (χ4n) is 12.5. The SMILES string of the molecule is OC[C@H]1O[C@@H]2O[C@H]3[C@H](O)[C@@H](O)[C@@H](O[C@H]4[C@H](O)[C@@H](O)[C@@H](O[C@H]5[C@@H](O)[C@@H](OCc6cn(Cc7nc8ccccc8[nH]7)nn6)[C@@H](O[C@H]6[C@H](O)[C@@H](O)[C@@H](O[C@H]7[C@H](O)[C@@H](O)[C@@H](O[C@H]8[C@H](O)[C@@H](O)[C@@H](O[C@H]1[C@H](O)[C@H]2O)O[C@@H]8CO)O[C@@H]7CO)O[C@@H]6CO)O[C@@H]5CO)O[C@@H]4CO)O[C@@H]3CO. The van der Waals surface area contributed by atoms with Crippen LogP contribution >= 0.6 is 0 Å². The van der Waals surface area contributed by atoms with Gasteiger partial charge in [0.25, 0.3) is 0 Å². The van der Waals surface area contributed by atoms with E-state index in [9.17, 15) is 102 Å². The first-order valence-electron chi connectivity index (χ1n) is 29.9. The van der Waals surface area contributed by atoms with Gasteiger partial charge in [0.2, 0.25) is 0 Å². The molecule has 21 N–H and O–H groups in total. The van der Waals surface area contributed by atoms with Gasteiger partial charge in [0.15, 0.2) is 44.0 Å². The van der Waals surface area contributed by atoms with E-state index in [1.54, 1.807) is 6.07 Å². The number of fused-ring (bicyclic) bond motifs is 1. The van der Waals surface area contributed by atoms with Gasteiger partial charge in [-0.15, -0.1) is 5.10 Å². The number of benzene rings is 1. The molecule has 40 heteroatoms. The van der Waals surface area contributed by atoms with Crippen LogP contribution in [0.3, 0.4) is 0 Å². The molecule has 93 heavy (non-hydrogen) atoms. The van der Waals surface area contributed by atoms with Gasteiger partial charge in [0.05, 0.1) is 70.1 Å². The van der Waals surface area contributed by atoms with Crippen LogP contribution in [-0.4, -0.2) is 388 Å². The van der Waals surface area contributed by atoms with Crippen molar-refractivity contribution < 1.29 is 173 Å². The lowest BCUT2D eigenvalue weighted by Gasteiger charge is -2.50. The molecule has 0 radical (unpaired) electrons. The third-order valence-electron chi connectivity index (χ3n) is 17.5. The summed E-state index contributed by atoms with van der Waals surface area (Å²) in [6.45, 7) is -7.83. The number of aromatic amines is 1. The minimum absolute atomic E-state index is 0.0945. The Labute approximate surface area is 524 Å². The zero-order chi connectivity index (χ0) is 66.4. The fraction of sp³-hybridized carbons (Fsp3) is 0.830. The molecule has 23 heterocycles. The zero-order valence-corrected chi connectivity index (χ0v) is 48.8. The van der Waals surface area contributed by atoms with E-state index in [2.05, 4.69) is 20.3 Å². The van der Waals surface area contributed by atoms with Gasteiger partial charge < -0.3 is 178 Å². The van der Waals surface area contributed by atoms with Crippen LogP contribution in [0.1, 0.15) is 11.5 Å². The molecule has 0 unspecified atom stereocenters. The number of aliphatic hydroxyl groups is 20. The number of imidazole rings is 1. The Morgan fingerprint density at radius 1 is 0.366 bits per heavy atom. The minimum atomic E-state index is -2.24. The predicted molar refractivity (Wildman–Crippen MR) is 286 cm³/mol. The maximum absolute atomic E-state index is 12.3. The molecule has 35 atom stereocenters. The maximum atomic E-state index is 12.3. The molecule has 21 aliphatic heterocycles. The number of hydrogen-bond donors (Lipinski definition) is 21. The molecule has 21 aliphatic rings. The number of para-hydroxylation sites is 2. The summed E-state index contributed by atoms with van der Waals surface area (Å²) in [5, 5.41) is 233. The van der Waals surface area contributed by atoms with Crippen LogP contribution in [0.2, 0.25) is 0 Å². The van der Waals surface area contributed by atoms with Gasteiger partial charge in [-0.1, -0.05) is 17.3 Å². The summed E-state index contributed by atoms with van der Waals surface area (Å²) in [7, 11) is 0. The Balaban J connectivity index is 0.887. The number of aliphatic hydroxyl groups excluding tert-OH is 20. The van der Waals surface area contributed by atoms with Crippen molar-refractivity contribution in [3.05, 3.63) is 42.0 Å². The quantitative estimate of drug-likeness (QED) is 0.0801. The molecule has 3 aromatic rings. The van der Waals surface area contributed by atoms with Crippen molar-refractivity contribution >= 4 is 11.0 Å². The smallest absolute Gasteiger partial charge is 0.187 e. The summed E-state index contributed by atoms with van der Waals surface area (Å²) >= 11 is 0. The second-order valence-corrected chi connectivity index (χ2v) is 23.5. The number of nitrogens with zero attached hydrogens (tertiary/aromatic N) is 4. The van der Waals surface area contributed by atoms with Gasteiger partial charge in [0.1, 0.15) is 189 Å². The third kappa shape index (κ3) is 14.2. The van der Waals surface area contributed by atoms with Gasteiger partial charge in [-0.3, -0.25) is 0 Å². The van der Waals surface area contributed by atoms with Crippen molar-refractivity contribution in [2.45, 2.75) is 228 Å². The van der Waals surface area contributed by atoms with Crippen molar-refractivity contribution in [3.8, 4) is 0 Å². The molecular formula is C53H79N5O35. The Hall–Kier alpha value is -3.57. The monoisotopic (exact) mass is 1350 g/mol. The highest BCUT2D eigenvalue weighted by atomic mass is 16.8. The van der Waals surface area contributed by atoms with E-state index in [1.165, 1.54) is 10.9 Å². The molecule has 0 aliphatic carbocycles. The Morgan fingerprint density at radius 3 is 0.968 bits per heavy atom. The van der Waals surface area contributed by atoms with E-state index >= 15 is 0 Å². The minimum Gasteiger partial charge on any atom is -0.394 e. The van der Waals surface area contributed by atoms with Crippen molar-refractivity contribution in [1.29, 1.82) is 0 Å². The predicted octanol–water partition coefficient (Wildman–Crippen LogP) is -13.5. The average Bonchev–Trinajstić information content (AvgIpc) is 1.34. The molecule has 0 saturated carbocycles.